The summed E-state index contributed by atoms with van der Waals surface area (Å²) in [6.07, 6.45) is 0.531. The first-order valence-electron chi connectivity index (χ1n) is 9.16. The highest BCUT2D eigenvalue weighted by Crippen LogP contribution is 2.38. The number of hydrazone groups is 1. The Balaban J connectivity index is 1.76. The number of amides is 1. The lowest BCUT2D eigenvalue weighted by Gasteiger charge is -2.21. The molecular formula is C22H20ClN3O3. The van der Waals surface area contributed by atoms with Gasteiger partial charge in [-0.25, -0.2) is 9.99 Å². The Morgan fingerprint density at radius 3 is 2.66 bits per heavy atom. The molecule has 1 aromatic heterocycles. The molecule has 29 heavy (non-hydrogen) atoms. The van der Waals surface area contributed by atoms with E-state index in [1.807, 2.05) is 48.5 Å². The predicted octanol–water partition coefficient (Wildman–Crippen LogP) is 4.60. The first kappa shape index (κ1) is 19.2. The fourth-order valence-electron chi connectivity index (χ4n) is 3.58. The standard InChI is InChI=1S/C22H20ClN3O3/c1-13(27)26-19(12-18(25-26)14-6-4-8-16(10-14)28-2)17-11-15-7-5-9-20(29-3)21(15)24-22(17)23/h4-11,19H,12H2,1-3H3/t19-/m1/s1. The van der Waals surface area contributed by atoms with E-state index < -0.39 is 0 Å². The Labute approximate surface area is 173 Å². The minimum absolute atomic E-state index is 0.158. The highest BCUT2D eigenvalue weighted by molar-refractivity contribution is 6.30. The van der Waals surface area contributed by atoms with E-state index in [1.165, 1.54) is 11.9 Å². The monoisotopic (exact) mass is 409 g/mol. The molecule has 0 saturated carbocycles. The van der Waals surface area contributed by atoms with Crippen molar-refractivity contribution in [1.29, 1.82) is 0 Å². The molecule has 1 amide bonds. The van der Waals surface area contributed by atoms with E-state index in [0.717, 1.165) is 28.0 Å². The number of ether oxygens (including phenoxy) is 2. The van der Waals surface area contributed by atoms with E-state index in [2.05, 4.69) is 10.1 Å². The van der Waals surface area contributed by atoms with Crippen LogP contribution in [0.4, 0.5) is 0 Å². The lowest BCUT2D eigenvalue weighted by molar-refractivity contribution is -0.130. The van der Waals surface area contributed by atoms with E-state index in [4.69, 9.17) is 21.1 Å². The van der Waals surface area contributed by atoms with Crippen LogP contribution in [0.1, 0.15) is 30.5 Å². The van der Waals surface area contributed by atoms with Gasteiger partial charge in [0.2, 0.25) is 5.91 Å². The van der Waals surface area contributed by atoms with Crippen LogP contribution in [-0.2, 0) is 4.79 Å². The van der Waals surface area contributed by atoms with Crippen LogP contribution in [0.15, 0.2) is 53.6 Å². The third-order valence-electron chi connectivity index (χ3n) is 5.00. The Bertz CT molecular complexity index is 1130. The molecule has 0 fully saturated rings. The van der Waals surface area contributed by atoms with Gasteiger partial charge in [0.05, 0.1) is 26.0 Å². The molecule has 1 atom stereocenters. The summed E-state index contributed by atoms with van der Waals surface area (Å²) in [5, 5.41) is 7.28. The topological polar surface area (TPSA) is 64.0 Å². The number of carbonyl (C=O) groups excluding carboxylic acids is 1. The molecular weight excluding hydrogens is 390 g/mol. The molecule has 1 aliphatic rings. The molecule has 0 spiro atoms. The van der Waals surface area contributed by atoms with Gasteiger partial charge in [0.15, 0.2) is 0 Å². The Hall–Kier alpha value is -3.12. The summed E-state index contributed by atoms with van der Waals surface area (Å²) in [5.74, 6) is 1.23. The van der Waals surface area contributed by atoms with Crippen molar-refractivity contribution in [3.05, 3.63) is 64.8 Å². The highest BCUT2D eigenvalue weighted by Gasteiger charge is 2.33. The van der Waals surface area contributed by atoms with Gasteiger partial charge in [-0.15, -0.1) is 0 Å². The first-order chi connectivity index (χ1) is 14.0. The third kappa shape index (κ3) is 3.51. The van der Waals surface area contributed by atoms with Crippen molar-refractivity contribution < 1.29 is 14.3 Å². The van der Waals surface area contributed by atoms with Crippen LogP contribution >= 0.6 is 11.6 Å². The number of aromatic nitrogens is 1. The summed E-state index contributed by atoms with van der Waals surface area (Å²) in [6.45, 7) is 1.50. The lowest BCUT2D eigenvalue weighted by Crippen LogP contribution is -2.24. The van der Waals surface area contributed by atoms with Gasteiger partial charge >= 0.3 is 0 Å². The molecule has 4 rings (SSSR count). The Kier molecular flexibility index (Phi) is 5.11. The maximum atomic E-state index is 12.3. The minimum Gasteiger partial charge on any atom is -0.497 e. The van der Waals surface area contributed by atoms with E-state index in [9.17, 15) is 4.79 Å². The summed E-state index contributed by atoms with van der Waals surface area (Å²) >= 11 is 6.55. The number of hydrogen-bond donors (Lipinski definition) is 0. The molecule has 6 nitrogen and oxygen atoms in total. The fraction of sp³-hybridized carbons (Fsp3) is 0.227. The number of carbonyl (C=O) groups is 1. The number of nitrogens with zero attached hydrogens (tertiary/aromatic N) is 3. The van der Waals surface area contributed by atoms with Crippen molar-refractivity contribution in [2.75, 3.05) is 14.2 Å². The van der Waals surface area contributed by atoms with Crippen molar-refractivity contribution in [1.82, 2.24) is 9.99 Å². The zero-order chi connectivity index (χ0) is 20.5. The molecule has 2 aromatic carbocycles. The summed E-state index contributed by atoms with van der Waals surface area (Å²) < 4.78 is 10.7. The zero-order valence-electron chi connectivity index (χ0n) is 16.3. The second kappa shape index (κ2) is 7.72. The molecule has 0 saturated heterocycles. The molecule has 3 aromatic rings. The second-order valence-corrected chi connectivity index (χ2v) is 7.12. The number of halogens is 1. The third-order valence-corrected chi connectivity index (χ3v) is 5.31. The number of methoxy groups -OCH3 is 2. The van der Waals surface area contributed by atoms with Crippen LogP contribution in [0.3, 0.4) is 0 Å². The molecule has 2 heterocycles. The van der Waals surface area contributed by atoms with Gasteiger partial charge in [0.25, 0.3) is 0 Å². The van der Waals surface area contributed by atoms with Crippen molar-refractivity contribution in [3.63, 3.8) is 0 Å². The van der Waals surface area contributed by atoms with E-state index >= 15 is 0 Å². The van der Waals surface area contributed by atoms with Crippen molar-refractivity contribution >= 4 is 34.1 Å². The van der Waals surface area contributed by atoms with Gasteiger partial charge < -0.3 is 9.47 Å². The normalized spacial score (nSPS) is 16.1. The van der Waals surface area contributed by atoms with Crippen LogP contribution in [-0.4, -0.2) is 35.8 Å². The van der Waals surface area contributed by atoms with Crippen molar-refractivity contribution in [3.8, 4) is 11.5 Å². The summed E-state index contributed by atoms with van der Waals surface area (Å²) in [4.78, 5) is 16.9. The summed E-state index contributed by atoms with van der Waals surface area (Å²) in [6, 6.07) is 14.9. The molecule has 0 bridgehead atoms. The van der Waals surface area contributed by atoms with Gasteiger partial charge in [-0.3, -0.25) is 4.79 Å². The fourth-order valence-corrected chi connectivity index (χ4v) is 3.85. The van der Waals surface area contributed by atoms with Crippen LogP contribution < -0.4 is 9.47 Å². The number of benzene rings is 2. The van der Waals surface area contributed by atoms with Crippen LogP contribution in [0.25, 0.3) is 10.9 Å². The van der Waals surface area contributed by atoms with Crippen LogP contribution in [0, 0.1) is 0 Å². The molecule has 0 radical (unpaired) electrons. The van der Waals surface area contributed by atoms with Crippen molar-refractivity contribution in [2.24, 2.45) is 5.10 Å². The number of pyridine rings is 1. The van der Waals surface area contributed by atoms with E-state index in [1.54, 1.807) is 14.2 Å². The first-order valence-corrected chi connectivity index (χ1v) is 9.54. The SMILES string of the molecule is COc1cccc(C2=NN(C(C)=O)[C@@H](c3cc4cccc(OC)c4nc3Cl)C2)c1. The molecule has 0 N–H and O–H groups in total. The number of fused-ring (bicyclic) bond motifs is 1. The highest BCUT2D eigenvalue weighted by atomic mass is 35.5. The number of para-hydroxylation sites is 1. The molecule has 0 unspecified atom stereocenters. The number of hydrogen-bond acceptors (Lipinski definition) is 5. The average molecular weight is 410 g/mol. The molecule has 7 heteroatoms. The summed E-state index contributed by atoms with van der Waals surface area (Å²) in [5.41, 5.74) is 3.14. The van der Waals surface area contributed by atoms with Gasteiger partial charge in [0.1, 0.15) is 22.2 Å². The van der Waals surface area contributed by atoms with Crippen LogP contribution in [0.2, 0.25) is 5.15 Å². The Morgan fingerprint density at radius 2 is 1.93 bits per heavy atom. The average Bonchev–Trinajstić information content (AvgIpc) is 3.18. The quantitative estimate of drug-likeness (QED) is 0.590. The second-order valence-electron chi connectivity index (χ2n) is 6.76. The maximum Gasteiger partial charge on any atom is 0.240 e. The van der Waals surface area contributed by atoms with E-state index in [-0.39, 0.29) is 11.9 Å². The molecule has 1 aliphatic heterocycles. The van der Waals surface area contributed by atoms with Gasteiger partial charge in [-0.05, 0) is 24.3 Å². The van der Waals surface area contributed by atoms with Gasteiger partial charge in [0, 0.05) is 29.9 Å². The molecule has 0 aliphatic carbocycles. The molecule has 148 valence electrons. The predicted molar refractivity (Wildman–Crippen MR) is 113 cm³/mol. The van der Waals surface area contributed by atoms with Crippen LogP contribution in [0.5, 0.6) is 11.5 Å². The van der Waals surface area contributed by atoms with Gasteiger partial charge in [-0.2, -0.15) is 5.10 Å². The van der Waals surface area contributed by atoms with Crippen molar-refractivity contribution in [2.45, 2.75) is 19.4 Å². The largest absolute Gasteiger partial charge is 0.497 e. The Morgan fingerprint density at radius 1 is 1.14 bits per heavy atom. The zero-order valence-corrected chi connectivity index (χ0v) is 17.1. The van der Waals surface area contributed by atoms with Gasteiger partial charge in [-0.1, -0.05) is 35.9 Å². The minimum atomic E-state index is -0.329. The number of rotatable bonds is 4. The smallest absolute Gasteiger partial charge is 0.240 e. The van der Waals surface area contributed by atoms with E-state index in [0.29, 0.717) is 22.8 Å². The maximum absolute atomic E-state index is 12.3. The lowest BCUT2D eigenvalue weighted by atomic mass is 9.98. The summed E-state index contributed by atoms with van der Waals surface area (Å²) in [7, 11) is 3.22.